The molecule has 0 bridgehead atoms. The highest BCUT2D eigenvalue weighted by Crippen LogP contribution is 2.34. The molecular formula is C22H20O3. The van der Waals surface area contributed by atoms with Gasteiger partial charge in [0.2, 0.25) is 0 Å². The molecule has 25 heavy (non-hydrogen) atoms. The van der Waals surface area contributed by atoms with E-state index < -0.39 is 5.97 Å². The largest absolute Gasteiger partial charge is 0.507 e. The lowest BCUT2D eigenvalue weighted by Gasteiger charge is -2.26. The number of rotatable bonds is 4. The highest BCUT2D eigenvalue weighted by molar-refractivity contribution is 5.92. The Bertz CT molecular complexity index is 912. The van der Waals surface area contributed by atoms with Gasteiger partial charge in [0.25, 0.3) is 0 Å². The summed E-state index contributed by atoms with van der Waals surface area (Å²) in [5.74, 6) is -1.36. The number of carboxylic acids is 1. The van der Waals surface area contributed by atoms with Gasteiger partial charge in [-0.25, -0.2) is 4.79 Å². The number of aromatic hydroxyl groups is 1. The molecule has 0 spiro atoms. The van der Waals surface area contributed by atoms with Gasteiger partial charge in [0.05, 0.1) is 0 Å². The van der Waals surface area contributed by atoms with Crippen LogP contribution in [0.5, 0.6) is 5.75 Å². The molecule has 3 heteroatoms. The molecule has 3 aromatic carbocycles. The molecule has 0 atom stereocenters. The van der Waals surface area contributed by atoms with Crippen LogP contribution in [0.2, 0.25) is 0 Å². The monoisotopic (exact) mass is 332 g/mol. The fourth-order valence-electron chi connectivity index (χ4n) is 3.00. The summed E-state index contributed by atoms with van der Waals surface area (Å²) in [5.41, 5.74) is 3.77. The third-order valence-electron chi connectivity index (χ3n) is 4.64. The highest BCUT2D eigenvalue weighted by atomic mass is 16.4. The first-order chi connectivity index (χ1) is 11.9. The van der Waals surface area contributed by atoms with Crippen LogP contribution in [0.4, 0.5) is 0 Å². The van der Waals surface area contributed by atoms with Crippen LogP contribution in [-0.2, 0) is 5.41 Å². The molecule has 0 unspecified atom stereocenters. The minimum atomic E-state index is -1.14. The summed E-state index contributed by atoms with van der Waals surface area (Å²) in [6.07, 6.45) is 0. The van der Waals surface area contributed by atoms with Crippen molar-refractivity contribution in [3.05, 3.63) is 89.5 Å². The number of carbonyl (C=O) groups is 1. The average Bonchev–Trinajstić information content (AvgIpc) is 2.62. The van der Waals surface area contributed by atoms with Gasteiger partial charge >= 0.3 is 5.97 Å². The molecule has 0 aliphatic heterocycles. The maximum atomic E-state index is 11.3. The first-order valence-corrected chi connectivity index (χ1v) is 8.12. The van der Waals surface area contributed by atoms with E-state index >= 15 is 0 Å². The van der Waals surface area contributed by atoms with E-state index in [9.17, 15) is 15.0 Å². The summed E-state index contributed by atoms with van der Waals surface area (Å²) in [6.45, 7) is 4.34. The van der Waals surface area contributed by atoms with Gasteiger partial charge in [0, 0.05) is 5.41 Å². The zero-order valence-electron chi connectivity index (χ0n) is 14.2. The van der Waals surface area contributed by atoms with Crippen LogP contribution in [0.3, 0.4) is 0 Å². The molecule has 0 aliphatic rings. The van der Waals surface area contributed by atoms with E-state index in [1.807, 2.05) is 30.3 Å². The maximum absolute atomic E-state index is 11.3. The van der Waals surface area contributed by atoms with Crippen molar-refractivity contribution in [2.45, 2.75) is 19.3 Å². The summed E-state index contributed by atoms with van der Waals surface area (Å²) >= 11 is 0. The molecular weight excluding hydrogens is 312 g/mol. The van der Waals surface area contributed by atoms with Crippen LogP contribution in [-0.4, -0.2) is 16.2 Å². The second kappa shape index (κ2) is 6.44. The number of phenols is 1. The molecule has 126 valence electrons. The highest BCUT2D eigenvalue weighted by Gasteiger charge is 2.23. The van der Waals surface area contributed by atoms with Crippen molar-refractivity contribution in [3.8, 4) is 16.9 Å². The van der Waals surface area contributed by atoms with Crippen molar-refractivity contribution in [1.29, 1.82) is 0 Å². The van der Waals surface area contributed by atoms with Crippen LogP contribution >= 0.6 is 0 Å². The lowest BCUT2D eigenvalue weighted by atomic mass is 9.77. The first kappa shape index (κ1) is 16.8. The minimum absolute atomic E-state index is 0.0924. The molecule has 0 saturated heterocycles. The van der Waals surface area contributed by atoms with Crippen LogP contribution in [0.15, 0.2) is 72.8 Å². The topological polar surface area (TPSA) is 57.5 Å². The third-order valence-corrected chi connectivity index (χ3v) is 4.64. The summed E-state index contributed by atoms with van der Waals surface area (Å²) < 4.78 is 0. The number of aromatic carboxylic acids is 1. The smallest absolute Gasteiger partial charge is 0.339 e. The van der Waals surface area contributed by atoms with Crippen LogP contribution in [0.1, 0.15) is 35.3 Å². The van der Waals surface area contributed by atoms with Crippen LogP contribution < -0.4 is 0 Å². The summed E-state index contributed by atoms with van der Waals surface area (Å²) in [7, 11) is 0. The molecule has 3 aromatic rings. The van der Waals surface area contributed by atoms with E-state index in [0.29, 0.717) is 0 Å². The van der Waals surface area contributed by atoms with E-state index in [1.54, 1.807) is 6.07 Å². The zero-order chi connectivity index (χ0) is 18.0. The predicted octanol–water partition coefficient (Wildman–Crippen LogP) is 5.08. The van der Waals surface area contributed by atoms with Gasteiger partial charge in [0.15, 0.2) is 0 Å². The standard InChI is InChI=1S/C22H20O3/c1-22(2,17-8-4-3-5-9-17)18-10-6-7-15(13-18)16-11-12-20(23)19(14-16)21(24)25/h3-14,23H,1-2H3,(H,24,25). The van der Waals surface area contributed by atoms with Gasteiger partial charge in [-0.15, -0.1) is 0 Å². The van der Waals surface area contributed by atoms with Crippen LogP contribution in [0.25, 0.3) is 11.1 Å². The Morgan fingerprint density at radius 2 is 1.44 bits per heavy atom. The Kier molecular flexibility index (Phi) is 4.32. The maximum Gasteiger partial charge on any atom is 0.339 e. The summed E-state index contributed by atoms with van der Waals surface area (Å²) in [6, 6.07) is 23.0. The molecule has 0 amide bonds. The molecule has 3 rings (SSSR count). The number of hydrogen-bond donors (Lipinski definition) is 2. The fourth-order valence-corrected chi connectivity index (χ4v) is 3.00. The number of benzene rings is 3. The lowest BCUT2D eigenvalue weighted by Crippen LogP contribution is -2.18. The van der Waals surface area contributed by atoms with Crippen molar-refractivity contribution in [1.82, 2.24) is 0 Å². The quantitative estimate of drug-likeness (QED) is 0.700. The van der Waals surface area contributed by atoms with Gasteiger partial charge in [-0.3, -0.25) is 0 Å². The van der Waals surface area contributed by atoms with Crippen molar-refractivity contribution >= 4 is 5.97 Å². The molecule has 0 aliphatic carbocycles. The number of hydrogen-bond acceptors (Lipinski definition) is 2. The predicted molar refractivity (Wildman–Crippen MR) is 99.1 cm³/mol. The van der Waals surface area contributed by atoms with Gasteiger partial charge in [0.1, 0.15) is 11.3 Å². The minimum Gasteiger partial charge on any atom is -0.507 e. The molecule has 0 radical (unpaired) electrons. The molecule has 0 heterocycles. The first-order valence-electron chi connectivity index (χ1n) is 8.12. The average molecular weight is 332 g/mol. The van der Waals surface area contributed by atoms with Gasteiger partial charge in [-0.2, -0.15) is 0 Å². The number of carboxylic acid groups (broad SMARTS) is 1. The van der Waals surface area contributed by atoms with E-state index in [4.69, 9.17) is 0 Å². The van der Waals surface area contributed by atoms with Crippen LogP contribution in [0, 0.1) is 0 Å². The van der Waals surface area contributed by atoms with E-state index in [1.165, 1.54) is 17.7 Å². The second-order valence-corrected chi connectivity index (χ2v) is 6.61. The fraction of sp³-hybridized carbons (Fsp3) is 0.136. The van der Waals surface area contributed by atoms with Crippen molar-refractivity contribution in [2.24, 2.45) is 0 Å². The molecule has 3 nitrogen and oxygen atoms in total. The van der Waals surface area contributed by atoms with Crippen molar-refractivity contribution < 1.29 is 15.0 Å². The Morgan fingerprint density at radius 3 is 2.12 bits per heavy atom. The SMILES string of the molecule is CC(C)(c1ccccc1)c1cccc(-c2ccc(O)c(C(=O)O)c2)c1. The van der Waals surface area contributed by atoms with E-state index in [0.717, 1.165) is 16.7 Å². The van der Waals surface area contributed by atoms with Crippen molar-refractivity contribution in [2.75, 3.05) is 0 Å². The summed E-state index contributed by atoms with van der Waals surface area (Å²) in [4.78, 5) is 11.3. The van der Waals surface area contributed by atoms with Gasteiger partial charge in [-0.05, 0) is 34.4 Å². The molecule has 0 aromatic heterocycles. The Balaban J connectivity index is 2.06. The molecule has 2 N–H and O–H groups in total. The second-order valence-electron chi connectivity index (χ2n) is 6.61. The molecule has 0 saturated carbocycles. The Labute approximate surface area is 147 Å². The third kappa shape index (κ3) is 3.26. The zero-order valence-corrected chi connectivity index (χ0v) is 14.2. The summed E-state index contributed by atoms with van der Waals surface area (Å²) in [5, 5.41) is 18.9. The Morgan fingerprint density at radius 1 is 0.800 bits per heavy atom. The molecule has 0 fully saturated rings. The van der Waals surface area contributed by atoms with Gasteiger partial charge < -0.3 is 10.2 Å². The van der Waals surface area contributed by atoms with Crippen molar-refractivity contribution in [3.63, 3.8) is 0 Å². The van der Waals surface area contributed by atoms with E-state index in [2.05, 4.69) is 38.1 Å². The van der Waals surface area contributed by atoms with Gasteiger partial charge in [-0.1, -0.05) is 74.5 Å². The lowest BCUT2D eigenvalue weighted by molar-refractivity contribution is 0.0694. The Hall–Kier alpha value is -3.07. The normalized spacial score (nSPS) is 11.3. The van der Waals surface area contributed by atoms with E-state index in [-0.39, 0.29) is 16.7 Å².